The second-order valence-corrected chi connectivity index (χ2v) is 5.99. The van der Waals surface area contributed by atoms with Crippen LogP contribution in [-0.2, 0) is 0 Å². The summed E-state index contributed by atoms with van der Waals surface area (Å²) in [6.07, 6.45) is 1.69. The number of benzene rings is 2. The molecule has 1 heterocycles. The van der Waals surface area contributed by atoms with Crippen molar-refractivity contribution in [3.63, 3.8) is 0 Å². The van der Waals surface area contributed by atoms with Crippen LogP contribution in [0.15, 0.2) is 48.7 Å². The van der Waals surface area contributed by atoms with E-state index in [-0.39, 0.29) is 0 Å². The lowest BCUT2D eigenvalue weighted by Crippen LogP contribution is -2.02. The fourth-order valence-corrected chi connectivity index (χ4v) is 2.70. The van der Waals surface area contributed by atoms with Crippen LogP contribution in [0.1, 0.15) is 16.7 Å². The number of aromatic nitrogens is 2. The lowest BCUT2D eigenvalue weighted by Gasteiger charge is -2.14. The number of hydrogen-bond donors (Lipinski definition) is 2. The van der Waals surface area contributed by atoms with Gasteiger partial charge in [0.1, 0.15) is 11.6 Å². The molecule has 2 N–H and O–H groups in total. The molecule has 0 bridgehead atoms. The Kier molecular flexibility index (Phi) is 5.31. The van der Waals surface area contributed by atoms with Gasteiger partial charge in [-0.15, -0.1) is 0 Å². The number of nitrogens with zero attached hydrogens (tertiary/aromatic N) is 3. The van der Waals surface area contributed by atoms with Crippen molar-refractivity contribution in [1.29, 1.82) is 5.26 Å². The van der Waals surface area contributed by atoms with E-state index in [4.69, 9.17) is 9.79 Å². The van der Waals surface area contributed by atoms with Gasteiger partial charge in [0.2, 0.25) is 5.95 Å². The molecule has 130 valence electrons. The van der Waals surface area contributed by atoms with Gasteiger partial charge in [0.05, 0.1) is 21.1 Å². The molecule has 26 heavy (non-hydrogen) atoms. The van der Waals surface area contributed by atoms with Crippen molar-refractivity contribution in [1.82, 2.24) is 9.97 Å². The van der Waals surface area contributed by atoms with Crippen LogP contribution < -0.4 is 15.2 Å². The van der Waals surface area contributed by atoms with Crippen molar-refractivity contribution in [2.75, 3.05) is 10.6 Å². The summed E-state index contributed by atoms with van der Waals surface area (Å²) in [6, 6.07) is 14.9. The van der Waals surface area contributed by atoms with Crippen molar-refractivity contribution in [3.8, 4) is 11.8 Å². The molecule has 3 rings (SSSR count). The fraction of sp³-hybridized carbons (Fsp3) is 0.105. The maximum atomic E-state index is 8.86. The molecule has 2 aromatic carbocycles. The summed E-state index contributed by atoms with van der Waals surface area (Å²) < 4.78 is 5.22. The minimum absolute atomic E-state index is 0.472. The number of rotatable bonds is 5. The van der Waals surface area contributed by atoms with Gasteiger partial charge in [0.25, 0.3) is 0 Å². The van der Waals surface area contributed by atoms with E-state index in [1.807, 2.05) is 44.2 Å². The Hall–Kier alpha value is -3.16. The fourth-order valence-electron chi connectivity index (χ4n) is 2.56. The van der Waals surface area contributed by atoms with Crippen molar-refractivity contribution >= 4 is 32.6 Å². The first kappa shape index (κ1) is 17.7. The zero-order chi connectivity index (χ0) is 18.5. The molecule has 0 aliphatic carbocycles. The Morgan fingerprint density at radius 1 is 1.04 bits per heavy atom. The van der Waals surface area contributed by atoms with Crippen LogP contribution in [0.3, 0.4) is 0 Å². The highest BCUT2D eigenvalue weighted by molar-refractivity contribution is 7.10. The highest BCUT2D eigenvalue weighted by atomic mass is 31.0. The van der Waals surface area contributed by atoms with E-state index in [2.05, 4.69) is 36.1 Å². The molecule has 1 aromatic heterocycles. The van der Waals surface area contributed by atoms with Crippen LogP contribution in [-0.4, -0.2) is 9.97 Å². The van der Waals surface area contributed by atoms with Gasteiger partial charge < -0.3 is 15.2 Å². The van der Waals surface area contributed by atoms with E-state index in [0.717, 1.165) is 28.3 Å². The number of anilines is 4. The molecule has 0 saturated heterocycles. The van der Waals surface area contributed by atoms with E-state index >= 15 is 0 Å². The summed E-state index contributed by atoms with van der Waals surface area (Å²) in [7, 11) is 2.26. The van der Waals surface area contributed by atoms with Crippen molar-refractivity contribution < 1.29 is 4.52 Å². The molecule has 1 unspecified atom stereocenters. The minimum Gasteiger partial charge on any atom is -0.480 e. The molecule has 0 spiro atoms. The Bertz CT molecular complexity index is 943. The molecule has 0 aliphatic heterocycles. The molecule has 7 heteroatoms. The first-order valence-corrected chi connectivity index (χ1v) is 8.41. The minimum atomic E-state index is 0.472. The number of nitriles is 1. The third-order valence-corrected chi connectivity index (χ3v) is 4.09. The monoisotopic (exact) mass is 363 g/mol. The van der Waals surface area contributed by atoms with Crippen LogP contribution in [0.5, 0.6) is 5.75 Å². The van der Waals surface area contributed by atoms with Crippen molar-refractivity contribution in [2.45, 2.75) is 13.8 Å². The van der Waals surface area contributed by atoms with Gasteiger partial charge in [-0.2, -0.15) is 10.2 Å². The average molecular weight is 363 g/mol. The number of hydrogen-bond acceptors (Lipinski definition) is 6. The normalized spacial score (nSPS) is 10.1. The van der Waals surface area contributed by atoms with Crippen LogP contribution >= 0.6 is 9.47 Å². The summed E-state index contributed by atoms with van der Waals surface area (Å²) in [4.78, 5) is 8.74. The Balaban J connectivity index is 1.80. The van der Waals surface area contributed by atoms with Gasteiger partial charge in [-0.3, -0.25) is 0 Å². The van der Waals surface area contributed by atoms with E-state index < -0.39 is 0 Å². The third-order valence-electron chi connectivity index (χ3n) is 3.82. The standard InChI is InChI=1S/C19H18N5OP/c1-12-9-16(25-26)10-13(2)18(12)23-17-7-8-21-19(24-17)22-15-5-3-14(11-20)4-6-15/h3-10H,26H2,1-2H3,(H2,21,22,23,24). The van der Waals surface area contributed by atoms with E-state index in [1.165, 1.54) is 0 Å². The highest BCUT2D eigenvalue weighted by Gasteiger charge is 2.08. The van der Waals surface area contributed by atoms with Gasteiger partial charge in [-0.25, -0.2) is 4.98 Å². The van der Waals surface area contributed by atoms with Crippen LogP contribution in [0.2, 0.25) is 0 Å². The number of nitrogens with one attached hydrogen (secondary N) is 2. The predicted molar refractivity (Wildman–Crippen MR) is 106 cm³/mol. The lowest BCUT2D eigenvalue weighted by atomic mass is 10.1. The van der Waals surface area contributed by atoms with Crippen molar-refractivity contribution in [3.05, 3.63) is 65.4 Å². The third kappa shape index (κ3) is 4.08. The lowest BCUT2D eigenvalue weighted by molar-refractivity contribution is 0.644. The van der Waals surface area contributed by atoms with Gasteiger partial charge in [-0.05, 0) is 67.4 Å². The Morgan fingerprint density at radius 3 is 2.35 bits per heavy atom. The van der Waals surface area contributed by atoms with Crippen LogP contribution in [0, 0.1) is 25.2 Å². The molecule has 6 nitrogen and oxygen atoms in total. The summed E-state index contributed by atoms with van der Waals surface area (Å²) >= 11 is 0. The zero-order valence-electron chi connectivity index (χ0n) is 14.4. The zero-order valence-corrected chi connectivity index (χ0v) is 15.6. The van der Waals surface area contributed by atoms with E-state index in [1.54, 1.807) is 18.3 Å². The molecule has 0 amide bonds. The molecule has 3 aromatic rings. The highest BCUT2D eigenvalue weighted by Crippen LogP contribution is 2.29. The maximum absolute atomic E-state index is 8.86. The SMILES string of the molecule is Cc1cc(OP)cc(C)c1Nc1ccnc(Nc2ccc(C#N)cc2)n1. The molecule has 0 saturated carbocycles. The van der Waals surface area contributed by atoms with Gasteiger partial charge >= 0.3 is 0 Å². The van der Waals surface area contributed by atoms with Crippen LogP contribution in [0.4, 0.5) is 23.1 Å². The summed E-state index contributed by atoms with van der Waals surface area (Å²) in [6.45, 7) is 4.03. The molecule has 0 aliphatic rings. The molecule has 1 atom stereocenters. The Morgan fingerprint density at radius 2 is 1.73 bits per heavy atom. The first-order chi connectivity index (χ1) is 12.6. The topological polar surface area (TPSA) is 82.9 Å². The molecular weight excluding hydrogens is 345 g/mol. The quantitative estimate of drug-likeness (QED) is 0.644. The molecule has 0 radical (unpaired) electrons. The predicted octanol–water partition coefficient (Wildman–Crippen LogP) is 4.62. The average Bonchev–Trinajstić information content (AvgIpc) is 2.65. The Labute approximate surface area is 154 Å². The van der Waals surface area contributed by atoms with Gasteiger partial charge in [-0.1, -0.05) is 0 Å². The van der Waals surface area contributed by atoms with Crippen molar-refractivity contribution in [2.24, 2.45) is 0 Å². The molecular formula is C19H18N5OP. The van der Waals surface area contributed by atoms with Gasteiger partial charge in [0, 0.05) is 17.6 Å². The van der Waals surface area contributed by atoms with E-state index in [0.29, 0.717) is 17.3 Å². The maximum Gasteiger partial charge on any atom is 0.229 e. The first-order valence-electron chi connectivity index (χ1n) is 7.94. The van der Waals surface area contributed by atoms with E-state index in [9.17, 15) is 0 Å². The smallest absolute Gasteiger partial charge is 0.229 e. The molecule has 0 fully saturated rings. The van der Waals surface area contributed by atoms with Gasteiger partial charge in [0.15, 0.2) is 0 Å². The summed E-state index contributed by atoms with van der Waals surface area (Å²) in [5.74, 6) is 1.95. The second kappa shape index (κ2) is 7.81. The summed E-state index contributed by atoms with van der Waals surface area (Å²) in [5, 5.41) is 15.3. The summed E-state index contributed by atoms with van der Waals surface area (Å²) in [5.41, 5.74) is 4.52. The largest absolute Gasteiger partial charge is 0.480 e. The number of aryl methyl sites for hydroxylation is 2. The second-order valence-electron chi connectivity index (χ2n) is 5.75. The van der Waals surface area contributed by atoms with Crippen LogP contribution in [0.25, 0.3) is 0 Å².